The summed E-state index contributed by atoms with van der Waals surface area (Å²) in [4.78, 5) is 2.26. The minimum absolute atomic E-state index is 0.493. The van der Waals surface area contributed by atoms with E-state index in [4.69, 9.17) is 0 Å². The highest BCUT2D eigenvalue weighted by Gasteiger charge is 2.31. The predicted octanol–water partition coefficient (Wildman–Crippen LogP) is 2.45. The Hall–Kier alpha value is 0.270. The summed E-state index contributed by atoms with van der Waals surface area (Å²) in [6.07, 6.45) is 3.96. The molecule has 1 aliphatic rings. The Balaban J connectivity index is 2.11. The number of rotatable bonds is 6. The summed E-state index contributed by atoms with van der Waals surface area (Å²) < 4.78 is 0. The van der Waals surface area contributed by atoms with Gasteiger partial charge in [0.05, 0.1) is 0 Å². The van der Waals surface area contributed by atoms with Crippen molar-refractivity contribution in [3.8, 4) is 0 Å². The topological polar surface area (TPSA) is 15.3 Å². The first-order chi connectivity index (χ1) is 7.52. The van der Waals surface area contributed by atoms with E-state index < -0.39 is 0 Å². The van der Waals surface area contributed by atoms with Crippen molar-refractivity contribution in [3.63, 3.8) is 0 Å². The first kappa shape index (κ1) is 14.3. The van der Waals surface area contributed by atoms with E-state index in [2.05, 4.69) is 49.9 Å². The van der Waals surface area contributed by atoms with Gasteiger partial charge in [0, 0.05) is 11.8 Å². The molecule has 16 heavy (non-hydrogen) atoms. The SMILES string of the molecule is CN(C)CCCCNC1CSCCC1(C)C. The van der Waals surface area contributed by atoms with Gasteiger partial charge in [-0.3, -0.25) is 0 Å². The zero-order valence-corrected chi connectivity index (χ0v) is 12.2. The molecule has 1 unspecified atom stereocenters. The minimum Gasteiger partial charge on any atom is -0.313 e. The third-order valence-electron chi connectivity index (χ3n) is 3.54. The smallest absolute Gasteiger partial charge is 0.0209 e. The van der Waals surface area contributed by atoms with E-state index in [0.717, 1.165) is 0 Å². The maximum Gasteiger partial charge on any atom is 0.0209 e. The van der Waals surface area contributed by atoms with Crippen molar-refractivity contribution >= 4 is 11.8 Å². The van der Waals surface area contributed by atoms with E-state index in [9.17, 15) is 0 Å². The Morgan fingerprint density at radius 3 is 2.69 bits per heavy atom. The van der Waals surface area contributed by atoms with Crippen LogP contribution in [0.2, 0.25) is 0 Å². The number of thioether (sulfide) groups is 1. The average molecular weight is 244 g/mol. The largest absolute Gasteiger partial charge is 0.313 e. The molecule has 1 heterocycles. The normalized spacial score (nSPS) is 24.9. The van der Waals surface area contributed by atoms with E-state index in [1.807, 2.05) is 0 Å². The van der Waals surface area contributed by atoms with E-state index in [-0.39, 0.29) is 0 Å². The van der Waals surface area contributed by atoms with Crippen LogP contribution in [0.25, 0.3) is 0 Å². The van der Waals surface area contributed by atoms with Crippen molar-refractivity contribution in [3.05, 3.63) is 0 Å². The third-order valence-corrected chi connectivity index (χ3v) is 4.60. The molecule has 1 atom stereocenters. The molecule has 0 aliphatic carbocycles. The summed E-state index contributed by atoms with van der Waals surface area (Å²) in [6.45, 7) is 7.21. The molecule has 1 rings (SSSR count). The van der Waals surface area contributed by atoms with Crippen molar-refractivity contribution in [2.24, 2.45) is 5.41 Å². The molecule has 3 heteroatoms. The van der Waals surface area contributed by atoms with Crippen molar-refractivity contribution in [1.82, 2.24) is 10.2 Å². The van der Waals surface area contributed by atoms with Gasteiger partial charge in [-0.25, -0.2) is 0 Å². The molecule has 0 spiro atoms. The zero-order valence-electron chi connectivity index (χ0n) is 11.4. The summed E-state index contributed by atoms with van der Waals surface area (Å²) in [5, 5.41) is 3.75. The molecule has 1 saturated heterocycles. The number of unbranched alkanes of at least 4 members (excludes halogenated alkanes) is 1. The lowest BCUT2D eigenvalue weighted by Gasteiger charge is -2.39. The Kier molecular flexibility index (Phi) is 6.16. The van der Waals surface area contributed by atoms with Crippen LogP contribution in [-0.2, 0) is 0 Å². The monoisotopic (exact) mass is 244 g/mol. The van der Waals surface area contributed by atoms with Crippen LogP contribution in [0.4, 0.5) is 0 Å². The van der Waals surface area contributed by atoms with Crippen molar-refractivity contribution in [2.75, 3.05) is 38.7 Å². The Morgan fingerprint density at radius 1 is 1.31 bits per heavy atom. The van der Waals surface area contributed by atoms with Gasteiger partial charge in [-0.05, 0) is 57.6 Å². The summed E-state index contributed by atoms with van der Waals surface area (Å²) in [5.41, 5.74) is 0.493. The number of hydrogen-bond donors (Lipinski definition) is 1. The first-order valence-corrected chi connectivity index (χ1v) is 7.64. The van der Waals surface area contributed by atoms with E-state index >= 15 is 0 Å². The fourth-order valence-electron chi connectivity index (χ4n) is 2.10. The summed E-state index contributed by atoms with van der Waals surface area (Å²) in [7, 11) is 4.29. The van der Waals surface area contributed by atoms with Gasteiger partial charge in [-0.2, -0.15) is 11.8 Å². The third kappa shape index (κ3) is 5.07. The lowest BCUT2D eigenvalue weighted by molar-refractivity contribution is 0.244. The van der Waals surface area contributed by atoms with Crippen LogP contribution in [-0.4, -0.2) is 49.6 Å². The van der Waals surface area contributed by atoms with Crippen LogP contribution in [0.3, 0.4) is 0 Å². The molecule has 0 saturated carbocycles. The van der Waals surface area contributed by atoms with Crippen molar-refractivity contribution < 1.29 is 0 Å². The van der Waals surface area contributed by atoms with Crippen LogP contribution >= 0.6 is 11.8 Å². The second-order valence-electron chi connectivity index (χ2n) is 5.83. The first-order valence-electron chi connectivity index (χ1n) is 6.48. The molecule has 1 aliphatic heterocycles. The highest BCUT2D eigenvalue weighted by Crippen LogP contribution is 2.33. The molecular weight excluding hydrogens is 216 g/mol. The van der Waals surface area contributed by atoms with Gasteiger partial charge >= 0.3 is 0 Å². The van der Waals surface area contributed by atoms with E-state index in [1.54, 1.807) is 0 Å². The molecular formula is C13H28N2S. The molecule has 0 aromatic carbocycles. The highest BCUT2D eigenvalue weighted by atomic mass is 32.2. The lowest BCUT2D eigenvalue weighted by Crippen LogP contribution is -2.46. The van der Waals surface area contributed by atoms with Gasteiger partial charge in [0.25, 0.3) is 0 Å². The van der Waals surface area contributed by atoms with Crippen LogP contribution in [0.1, 0.15) is 33.1 Å². The predicted molar refractivity (Wildman–Crippen MR) is 75.3 cm³/mol. The van der Waals surface area contributed by atoms with Crippen LogP contribution in [0.15, 0.2) is 0 Å². The standard InChI is InChI=1S/C13H28N2S/c1-13(2)7-10-16-11-12(13)14-8-5-6-9-15(3)4/h12,14H,5-11H2,1-4H3. The molecule has 0 aromatic heterocycles. The maximum atomic E-state index is 3.75. The lowest BCUT2D eigenvalue weighted by atomic mass is 9.82. The van der Waals surface area contributed by atoms with Gasteiger partial charge < -0.3 is 10.2 Å². The molecule has 0 aromatic rings. The van der Waals surface area contributed by atoms with Crippen LogP contribution in [0, 0.1) is 5.41 Å². The number of hydrogen-bond acceptors (Lipinski definition) is 3. The molecule has 96 valence electrons. The fraction of sp³-hybridized carbons (Fsp3) is 1.00. The summed E-state index contributed by atoms with van der Waals surface area (Å²) >= 11 is 2.10. The van der Waals surface area contributed by atoms with Crippen molar-refractivity contribution in [1.29, 1.82) is 0 Å². The number of nitrogens with one attached hydrogen (secondary N) is 1. The van der Waals surface area contributed by atoms with Crippen molar-refractivity contribution in [2.45, 2.75) is 39.2 Å². The average Bonchev–Trinajstić information content (AvgIpc) is 2.19. The highest BCUT2D eigenvalue weighted by molar-refractivity contribution is 7.99. The van der Waals surface area contributed by atoms with Gasteiger partial charge in [-0.15, -0.1) is 0 Å². The molecule has 1 N–H and O–H groups in total. The fourth-order valence-corrected chi connectivity index (χ4v) is 3.74. The zero-order chi connectivity index (χ0) is 12.0. The second kappa shape index (κ2) is 6.87. The molecule has 0 bridgehead atoms. The second-order valence-corrected chi connectivity index (χ2v) is 6.98. The van der Waals surface area contributed by atoms with Gasteiger partial charge in [-0.1, -0.05) is 13.8 Å². The molecule has 0 radical (unpaired) electrons. The summed E-state index contributed by atoms with van der Waals surface area (Å²) in [6, 6.07) is 0.714. The molecule has 2 nitrogen and oxygen atoms in total. The number of nitrogens with zero attached hydrogens (tertiary/aromatic N) is 1. The Morgan fingerprint density at radius 2 is 2.06 bits per heavy atom. The minimum atomic E-state index is 0.493. The van der Waals surface area contributed by atoms with E-state index in [1.165, 1.54) is 43.9 Å². The van der Waals surface area contributed by atoms with E-state index in [0.29, 0.717) is 11.5 Å². The Labute approximate surface area is 106 Å². The quantitative estimate of drug-likeness (QED) is 0.723. The maximum absolute atomic E-state index is 3.75. The van der Waals surface area contributed by atoms with Gasteiger partial charge in [0.1, 0.15) is 0 Å². The van der Waals surface area contributed by atoms with Crippen LogP contribution in [0.5, 0.6) is 0 Å². The Bertz CT molecular complexity index is 192. The molecule has 1 fully saturated rings. The van der Waals surface area contributed by atoms with Gasteiger partial charge in [0.15, 0.2) is 0 Å². The van der Waals surface area contributed by atoms with Crippen LogP contribution < -0.4 is 5.32 Å². The molecule has 0 amide bonds. The summed E-state index contributed by atoms with van der Waals surface area (Å²) in [5.74, 6) is 2.63. The van der Waals surface area contributed by atoms with Gasteiger partial charge in [0.2, 0.25) is 0 Å².